The summed E-state index contributed by atoms with van der Waals surface area (Å²) in [7, 11) is -4.02. The van der Waals surface area contributed by atoms with Crippen molar-refractivity contribution in [1.29, 1.82) is 0 Å². The van der Waals surface area contributed by atoms with Crippen LogP contribution in [0.25, 0.3) is 0 Å². The number of hydrogen-bond acceptors (Lipinski definition) is 4. The molecule has 0 aromatic heterocycles. The largest absolute Gasteiger partial charge is 0.573 e. The summed E-state index contributed by atoms with van der Waals surface area (Å²) >= 11 is 0. The molecule has 32 heavy (non-hydrogen) atoms. The van der Waals surface area contributed by atoms with E-state index in [1.807, 2.05) is 0 Å². The lowest BCUT2D eigenvalue weighted by molar-refractivity contribution is -0.274. The van der Waals surface area contributed by atoms with Crippen molar-refractivity contribution in [2.45, 2.75) is 17.4 Å². The lowest BCUT2D eigenvalue weighted by Gasteiger charge is -2.34. The fraction of sp³-hybridized carbons (Fsp3) is 0.316. The molecule has 1 aliphatic heterocycles. The van der Waals surface area contributed by atoms with Gasteiger partial charge in [0, 0.05) is 31.7 Å². The second kappa shape index (κ2) is 8.62. The van der Waals surface area contributed by atoms with Gasteiger partial charge >= 0.3 is 12.5 Å². The highest BCUT2D eigenvalue weighted by molar-refractivity contribution is 7.89. The Labute approximate surface area is 179 Å². The zero-order chi connectivity index (χ0) is 23.7. The first-order valence-electron chi connectivity index (χ1n) is 9.10. The number of halogens is 6. The van der Waals surface area contributed by atoms with E-state index in [-0.39, 0.29) is 36.6 Å². The fourth-order valence-electron chi connectivity index (χ4n) is 3.08. The summed E-state index contributed by atoms with van der Waals surface area (Å²) in [6, 6.07) is 7.42. The standard InChI is InChI=1S/C19H16F6N2O4S/c20-18(21,22)14-3-1-13(2-4-14)17(28)26-9-11-27(12-10-26)32(29,30)16-7-5-15(6-8-16)31-19(23,24)25/h1-8H,9-12H2. The van der Waals surface area contributed by atoms with Crippen molar-refractivity contribution < 1.29 is 44.3 Å². The number of carbonyl (C=O) groups excluding carboxylic acids is 1. The first-order chi connectivity index (χ1) is 14.8. The number of benzene rings is 2. The molecule has 6 nitrogen and oxygen atoms in total. The lowest BCUT2D eigenvalue weighted by atomic mass is 10.1. The molecule has 13 heteroatoms. The van der Waals surface area contributed by atoms with Crippen LogP contribution in [-0.4, -0.2) is 56.1 Å². The van der Waals surface area contributed by atoms with Gasteiger partial charge in [-0.15, -0.1) is 13.2 Å². The minimum atomic E-state index is -4.91. The van der Waals surface area contributed by atoms with Gasteiger partial charge in [0.15, 0.2) is 0 Å². The first-order valence-corrected chi connectivity index (χ1v) is 10.5. The van der Waals surface area contributed by atoms with Crippen LogP contribution in [-0.2, 0) is 16.2 Å². The fourth-order valence-corrected chi connectivity index (χ4v) is 4.50. The quantitative estimate of drug-likeness (QED) is 0.623. The Hall–Kier alpha value is -2.80. The molecule has 2 aromatic carbocycles. The molecule has 1 amide bonds. The molecule has 0 atom stereocenters. The van der Waals surface area contributed by atoms with Crippen molar-refractivity contribution in [1.82, 2.24) is 9.21 Å². The van der Waals surface area contributed by atoms with Crippen LogP contribution >= 0.6 is 0 Å². The van der Waals surface area contributed by atoms with Gasteiger partial charge in [-0.1, -0.05) is 0 Å². The van der Waals surface area contributed by atoms with E-state index in [1.165, 1.54) is 4.90 Å². The van der Waals surface area contributed by atoms with Crippen LogP contribution in [0.15, 0.2) is 53.4 Å². The molecule has 0 aliphatic carbocycles. The molecule has 1 saturated heterocycles. The van der Waals surface area contributed by atoms with Crippen LogP contribution < -0.4 is 4.74 Å². The summed E-state index contributed by atoms with van der Waals surface area (Å²) in [5, 5.41) is 0. The average Bonchev–Trinajstić information content (AvgIpc) is 2.72. The van der Waals surface area contributed by atoms with E-state index in [1.54, 1.807) is 0 Å². The topological polar surface area (TPSA) is 66.9 Å². The first kappa shape index (κ1) is 23.9. The van der Waals surface area contributed by atoms with Crippen molar-refractivity contribution in [3.63, 3.8) is 0 Å². The molecule has 1 aliphatic rings. The maximum absolute atomic E-state index is 12.7. The highest BCUT2D eigenvalue weighted by Crippen LogP contribution is 2.29. The molecule has 0 unspecified atom stereocenters. The molecule has 0 saturated carbocycles. The maximum atomic E-state index is 12.7. The molecule has 174 valence electrons. The van der Waals surface area contributed by atoms with E-state index in [9.17, 15) is 39.6 Å². The molecule has 3 rings (SSSR count). The van der Waals surface area contributed by atoms with Crippen LogP contribution in [0.1, 0.15) is 15.9 Å². The van der Waals surface area contributed by atoms with Gasteiger partial charge in [-0.25, -0.2) is 8.42 Å². The lowest BCUT2D eigenvalue weighted by Crippen LogP contribution is -2.50. The van der Waals surface area contributed by atoms with Crippen molar-refractivity contribution in [3.05, 3.63) is 59.7 Å². The SMILES string of the molecule is O=C(c1ccc(C(F)(F)F)cc1)N1CCN(S(=O)(=O)c2ccc(OC(F)(F)F)cc2)CC1. The Morgan fingerprint density at radius 2 is 1.34 bits per heavy atom. The van der Waals surface area contributed by atoms with Crippen molar-refractivity contribution in [2.75, 3.05) is 26.2 Å². The minimum Gasteiger partial charge on any atom is -0.406 e. The Kier molecular flexibility index (Phi) is 6.43. The van der Waals surface area contributed by atoms with E-state index in [4.69, 9.17) is 0 Å². The molecule has 2 aromatic rings. The summed E-state index contributed by atoms with van der Waals surface area (Å²) in [5.74, 6) is -1.10. The van der Waals surface area contributed by atoms with E-state index < -0.39 is 39.8 Å². The highest BCUT2D eigenvalue weighted by atomic mass is 32.2. The number of ether oxygens (including phenoxy) is 1. The van der Waals surface area contributed by atoms with E-state index >= 15 is 0 Å². The number of alkyl halides is 6. The van der Waals surface area contributed by atoms with E-state index in [0.717, 1.165) is 52.8 Å². The van der Waals surface area contributed by atoms with Crippen LogP contribution in [0.5, 0.6) is 5.75 Å². The van der Waals surface area contributed by atoms with Gasteiger partial charge in [0.05, 0.1) is 10.5 Å². The van der Waals surface area contributed by atoms with Crippen molar-refractivity contribution in [2.24, 2.45) is 0 Å². The third-order valence-electron chi connectivity index (χ3n) is 4.68. The van der Waals surface area contributed by atoms with Crippen LogP contribution in [0.2, 0.25) is 0 Å². The summed E-state index contributed by atoms with van der Waals surface area (Å²) < 4.78 is 105. The van der Waals surface area contributed by atoms with Gasteiger partial charge < -0.3 is 9.64 Å². The second-order valence-corrected chi connectivity index (χ2v) is 8.73. The maximum Gasteiger partial charge on any atom is 0.573 e. The van der Waals surface area contributed by atoms with Gasteiger partial charge in [0.25, 0.3) is 5.91 Å². The number of piperazine rings is 1. The van der Waals surface area contributed by atoms with Crippen molar-refractivity contribution >= 4 is 15.9 Å². The van der Waals surface area contributed by atoms with Crippen LogP contribution in [0.3, 0.4) is 0 Å². The normalized spacial score (nSPS) is 16.1. The molecular weight excluding hydrogens is 466 g/mol. The monoisotopic (exact) mass is 482 g/mol. The Bertz CT molecular complexity index is 1060. The van der Waals surface area contributed by atoms with Gasteiger partial charge in [-0.2, -0.15) is 17.5 Å². The molecule has 0 spiro atoms. The van der Waals surface area contributed by atoms with E-state index in [2.05, 4.69) is 4.74 Å². The third kappa shape index (κ3) is 5.51. The average molecular weight is 482 g/mol. The van der Waals surface area contributed by atoms with Gasteiger partial charge in [0.2, 0.25) is 10.0 Å². The Morgan fingerprint density at radius 3 is 1.81 bits per heavy atom. The van der Waals surface area contributed by atoms with Crippen LogP contribution in [0.4, 0.5) is 26.3 Å². The zero-order valence-electron chi connectivity index (χ0n) is 16.2. The molecule has 0 bridgehead atoms. The Morgan fingerprint density at radius 1 is 0.812 bits per heavy atom. The van der Waals surface area contributed by atoms with Gasteiger partial charge in [-0.05, 0) is 48.5 Å². The zero-order valence-corrected chi connectivity index (χ0v) is 17.0. The van der Waals surface area contributed by atoms with Gasteiger partial charge in [-0.3, -0.25) is 4.79 Å². The predicted molar refractivity (Wildman–Crippen MR) is 99.2 cm³/mol. The smallest absolute Gasteiger partial charge is 0.406 e. The molecule has 1 heterocycles. The summed E-state index contributed by atoms with van der Waals surface area (Å²) in [6.45, 7) is -0.187. The minimum absolute atomic E-state index is 0.00560. The molecule has 1 fully saturated rings. The second-order valence-electron chi connectivity index (χ2n) is 6.79. The number of rotatable bonds is 4. The van der Waals surface area contributed by atoms with Gasteiger partial charge in [0.1, 0.15) is 5.75 Å². The summed E-state index contributed by atoms with van der Waals surface area (Å²) in [4.78, 5) is 13.6. The predicted octanol–water partition coefficient (Wildman–Crippen LogP) is 3.75. The number of amides is 1. The molecule has 0 radical (unpaired) electrons. The number of hydrogen-bond donors (Lipinski definition) is 0. The third-order valence-corrected chi connectivity index (χ3v) is 6.59. The van der Waals surface area contributed by atoms with E-state index in [0.29, 0.717) is 0 Å². The highest BCUT2D eigenvalue weighted by Gasteiger charge is 2.33. The summed E-state index contributed by atoms with van der Waals surface area (Å²) in [5.41, 5.74) is -0.855. The van der Waals surface area contributed by atoms with Crippen molar-refractivity contribution in [3.8, 4) is 5.75 Å². The number of sulfonamides is 1. The number of carbonyl (C=O) groups is 1. The summed E-state index contributed by atoms with van der Waals surface area (Å²) in [6.07, 6.45) is -9.44. The Balaban J connectivity index is 1.63. The van der Waals surface area contributed by atoms with Crippen LogP contribution in [0, 0.1) is 0 Å². The molecule has 0 N–H and O–H groups in total. The molecular formula is C19H16F6N2O4S. The number of nitrogens with zero attached hydrogens (tertiary/aromatic N) is 2.